The Morgan fingerprint density at radius 3 is 2.29 bits per heavy atom. The van der Waals surface area contributed by atoms with Crippen molar-refractivity contribution in [1.82, 2.24) is 34.1 Å². The van der Waals surface area contributed by atoms with Gasteiger partial charge in [-0.25, -0.2) is 28.9 Å². The maximum Gasteiger partial charge on any atom is 0.422 e. The van der Waals surface area contributed by atoms with E-state index in [0.29, 0.717) is 10.6 Å². The zero-order valence-corrected chi connectivity index (χ0v) is 28.0. The third-order valence-electron chi connectivity index (χ3n) is 7.43. The van der Waals surface area contributed by atoms with Crippen LogP contribution in [0.4, 0.5) is 37.0 Å². The van der Waals surface area contributed by atoms with Crippen molar-refractivity contribution >= 4 is 31.8 Å². The van der Waals surface area contributed by atoms with Crippen molar-refractivity contribution in [3.05, 3.63) is 70.3 Å². The number of carbonyl (C=O) groups excluding carboxylic acids is 1. The van der Waals surface area contributed by atoms with Gasteiger partial charge in [-0.05, 0) is 54.5 Å². The summed E-state index contributed by atoms with van der Waals surface area (Å²) in [6.07, 6.45) is -10.9. The summed E-state index contributed by atoms with van der Waals surface area (Å²) in [7, 11) is -2.96. The molecule has 1 amide bonds. The summed E-state index contributed by atoms with van der Waals surface area (Å²) in [4.78, 5) is 33.6. The number of ether oxygens (including phenoxy) is 1. The number of hydrogen-bond acceptors (Lipinski definition) is 8. The molecule has 0 spiro atoms. The van der Waals surface area contributed by atoms with E-state index in [4.69, 9.17) is 16.0 Å². The van der Waals surface area contributed by atoms with E-state index in [1.807, 2.05) is 0 Å². The fourth-order valence-electron chi connectivity index (χ4n) is 4.00. The normalized spacial score (nSPS) is 13.4. The van der Waals surface area contributed by atoms with Crippen LogP contribution in [0.2, 0.25) is 23.2 Å². The van der Waals surface area contributed by atoms with E-state index < -0.39 is 63.3 Å². The van der Waals surface area contributed by atoms with Crippen molar-refractivity contribution in [2.75, 3.05) is 11.9 Å². The highest BCUT2D eigenvalue weighted by molar-refractivity contribution is 6.74. The predicted molar refractivity (Wildman–Crippen MR) is 164 cm³/mol. The lowest BCUT2D eigenvalue weighted by Crippen LogP contribution is -2.50. The zero-order valence-electron chi connectivity index (χ0n) is 26.2. The summed E-state index contributed by atoms with van der Waals surface area (Å²) in [6, 6.07) is 8.89. The van der Waals surface area contributed by atoms with Gasteiger partial charge >= 0.3 is 24.1 Å². The Labute approximate surface area is 275 Å². The van der Waals surface area contributed by atoms with Crippen LogP contribution in [0, 0.1) is 0 Å². The second-order valence-corrected chi connectivity index (χ2v) is 17.3. The minimum absolute atomic E-state index is 0.0243. The lowest BCUT2D eigenvalue weighted by atomic mass is 10.2. The molecule has 3 heterocycles. The Hall–Kier alpha value is -4.23. The number of benzene rings is 1. The third kappa shape index (κ3) is 9.01. The predicted octanol–water partition coefficient (Wildman–Crippen LogP) is 6.45. The van der Waals surface area contributed by atoms with Crippen LogP contribution in [0.1, 0.15) is 26.6 Å². The first-order valence-corrected chi connectivity index (χ1v) is 17.5. The van der Waals surface area contributed by atoms with Crippen molar-refractivity contribution in [2.45, 2.75) is 70.4 Å². The molecule has 260 valence electrons. The number of halogens is 7. The lowest BCUT2D eigenvalue weighted by molar-refractivity contribution is -0.202. The van der Waals surface area contributed by atoms with Gasteiger partial charge in [0.05, 0.1) is 6.54 Å². The summed E-state index contributed by atoms with van der Waals surface area (Å²) in [5, 5.41) is 10.4. The van der Waals surface area contributed by atoms with Crippen LogP contribution in [0.25, 0.3) is 17.1 Å². The third-order valence-corrected chi connectivity index (χ3v) is 12.2. The molecule has 20 heteroatoms. The molecule has 0 aliphatic carbocycles. The summed E-state index contributed by atoms with van der Waals surface area (Å²) < 4.78 is 93.3. The average molecular weight is 721 g/mol. The van der Waals surface area contributed by atoms with Gasteiger partial charge in [-0.2, -0.15) is 26.3 Å². The minimum atomic E-state index is -4.82. The number of alkyl halides is 6. The van der Waals surface area contributed by atoms with Gasteiger partial charge in [0.1, 0.15) is 18.6 Å². The molecule has 3 aromatic heterocycles. The molecular formula is C28H31ClF6N8O4Si. The number of anilines is 1. The van der Waals surface area contributed by atoms with E-state index in [0.717, 1.165) is 13.9 Å². The fraction of sp³-hybridized carbons (Fsp3) is 0.429. The monoisotopic (exact) mass is 720 g/mol. The SMILES string of the molecule is CC(C)(C)[Si](C)(C)O[C@@H](Cn1c(-c2ccc(Cl)cc2)nn(Cc2ncn(-c3cccnc3NC(=O)OCC(F)(F)F)n2)c1=O)C(F)(F)F. The first-order chi connectivity index (χ1) is 22.1. The van der Waals surface area contributed by atoms with Crippen LogP contribution in [0.15, 0.2) is 53.7 Å². The molecular weight excluding hydrogens is 690 g/mol. The standard InChI is InChI=1S/C28H31ClF6N8O4Si/c1-26(2,3)48(4,5)47-20(28(33,34)35)13-41-23(17-8-10-18(29)11-9-17)40-42(25(41)45)14-21-37-16-43(39-21)19-7-6-12-36-22(19)38-24(44)46-15-27(30,31)32/h6-12,16,20H,13-15H2,1-5H3,(H,36,38,44)/t20-/m0/s1. The number of aromatic nitrogens is 7. The molecule has 1 atom stereocenters. The molecule has 0 radical (unpaired) electrons. The van der Waals surface area contributed by atoms with Crippen LogP contribution in [0.5, 0.6) is 0 Å². The number of amides is 1. The van der Waals surface area contributed by atoms with Gasteiger partial charge in [0.25, 0.3) is 0 Å². The molecule has 0 bridgehead atoms. The number of rotatable bonds is 10. The molecule has 1 N–H and O–H groups in total. The second-order valence-electron chi connectivity index (χ2n) is 12.1. The number of hydrogen-bond donors (Lipinski definition) is 1. The molecule has 1 aromatic carbocycles. The molecule has 0 saturated heterocycles. The van der Waals surface area contributed by atoms with Crippen molar-refractivity contribution < 1.29 is 40.3 Å². The highest BCUT2D eigenvalue weighted by atomic mass is 35.5. The molecule has 0 saturated carbocycles. The summed E-state index contributed by atoms with van der Waals surface area (Å²) >= 11 is 6.01. The van der Waals surface area contributed by atoms with E-state index in [1.165, 1.54) is 48.9 Å². The first-order valence-electron chi connectivity index (χ1n) is 14.2. The number of pyridine rings is 1. The van der Waals surface area contributed by atoms with E-state index in [-0.39, 0.29) is 23.2 Å². The van der Waals surface area contributed by atoms with Gasteiger partial charge in [-0.3, -0.25) is 9.88 Å². The molecule has 0 aliphatic rings. The minimum Gasteiger partial charge on any atom is -0.440 e. The van der Waals surface area contributed by atoms with Gasteiger partial charge in [0, 0.05) is 16.8 Å². The number of carbonyl (C=O) groups is 1. The average Bonchev–Trinajstić information content (AvgIpc) is 3.55. The quantitative estimate of drug-likeness (QED) is 0.146. The molecule has 12 nitrogen and oxygen atoms in total. The largest absolute Gasteiger partial charge is 0.440 e. The Balaban J connectivity index is 1.67. The van der Waals surface area contributed by atoms with Crippen LogP contribution in [-0.4, -0.2) is 73.6 Å². The van der Waals surface area contributed by atoms with Crippen LogP contribution in [-0.2, 0) is 22.3 Å². The van der Waals surface area contributed by atoms with Gasteiger partial charge in [-0.15, -0.1) is 10.2 Å². The molecule has 4 aromatic rings. The van der Waals surface area contributed by atoms with Crippen molar-refractivity contribution in [2.24, 2.45) is 0 Å². The molecule has 0 unspecified atom stereocenters. The molecule has 0 fully saturated rings. The van der Waals surface area contributed by atoms with Gasteiger partial charge in [-0.1, -0.05) is 32.4 Å². The van der Waals surface area contributed by atoms with Crippen LogP contribution >= 0.6 is 11.6 Å². The zero-order chi connectivity index (χ0) is 35.7. The van der Waals surface area contributed by atoms with Crippen LogP contribution < -0.4 is 11.0 Å². The van der Waals surface area contributed by atoms with Gasteiger partial charge < -0.3 is 9.16 Å². The van der Waals surface area contributed by atoms with Crippen LogP contribution in [0.3, 0.4) is 0 Å². The summed E-state index contributed by atoms with van der Waals surface area (Å²) in [5.74, 6) is -0.323. The van der Waals surface area contributed by atoms with Gasteiger partial charge in [0.15, 0.2) is 38.5 Å². The van der Waals surface area contributed by atoms with E-state index >= 15 is 0 Å². The maximum absolute atomic E-state index is 14.4. The Morgan fingerprint density at radius 2 is 1.69 bits per heavy atom. The Morgan fingerprint density at radius 1 is 1.02 bits per heavy atom. The first kappa shape index (κ1) is 36.6. The molecule has 48 heavy (non-hydrogen) atoms. The highest BCUT2D eigenvalue weighted by Crippen LogP contribution is 2.40. The Bertz CT molecular complexity index is 1800. The Kier molecular flexibility index (Phi) is 10.5. The summed E-state index contributed by atoms with van der Waals surface area (Å²) in [5.41, 5.74) is -0.512. The highest BCUT2D eigenvalue weighted by Gasteiger charge is 2.48. The van der Waals surface area contributed by atoms with E-state index in [1.54, 1.807) is 33.9 Å². The number of nitrogens with one attached hydrogen (secondary N) is 1. The van der Waals surface area contributed by atoms with E-state index in [2.05, 4.69) is 30.2 Å². The second kappa shape index (κ2) is 13.7. The number of nitrogens with zero attached hydrogens (tertiary/aromatic N) is 7. The fourth-order valence-corrected chi connectivity index (χ4v) is 5.40. The summed E-state index contributed by atoms with van der Waals surface area (Å²) in [6.45, 7) is 5.65. The lowest BCUT2D eigenvalue weighted by Gasteiger charge is -2.39. The van der Waals surface area contributed by atoms with Crippen molar-refractivity contribution in [3.8, 4) is 17.1 Å². The van der Waals surface area contributed by atoms with Crippen molar-refractivity contribution in [1.29, 1.82) is 0 Å². The van der Waals surface area contributed by atoms with Gasteiger partial charge in [0.2, 0.25) is 0 Å². The smallest absolute Gasteiger partial charge is 0.422 e. The topological polar surface area (TPSA) is 131 Å². The maximum atomic E-state index is 14.4. The molecule has 4 rings (SSSR count). The molecule has 0 aliphatic heterocycles. The van der Waals surface area contributed by atoms with E-state index in [9.17, 15) is 35.9 Å². The van der Waals surface area contributed by atoms with Crippen molar-refractivity contribution in [3.63, 3.8) is 0 Å².